The van der Waals surface area contributed by atoms with Gasteiger partial charge in [-0.1, -0.05) is 42.5 Å². The Hall–Kier alpha value is -3.80. The van der Waals surface area contributed by atoms with E-state index in [9.17, 15) is 9.59 Å². The molecular formula is C25H26N2O4. The average molecular weight is 418 g/mol. The highest BCUT2D eigenvalue weighted by atomic mass is 16.5. The van der Waals surface area contributed by atoms with Gasteiger partial charge in [-0.2, -0.15) is 0 Å². The van der Waals surface area contributed by atoms with Gasteiger partial charge in [0.15, 0.2) is 0 Å². The van der Waals surface area contributed by atoms with Crippen molar-refractivity contribution in [2.24, 2.45) is 0 Å². The van der Waals surface area contributed by atoms with Crippen LogP contribution in [0.15, 0.2) is 78.9 Å². The van der Waals surface area contributed by atoms with E-state index in [0.29, 0.717) is 25.3 Å². The Morgan fingerprint density at radius 3 is 2.00 bits per heavy atom. The highest BCUT2D eigenvalue weighted by Crippen LogP contribution is 2.12. The van der Waals surface area contributed by atoms with E-state index in [1.165, 1.54) is 0 Å². The maximum Gasteiger partial charge on any atom is 0.251 e. The van der Waals surface area contributed by atoms with E-state index in [-0.39, 0.29) is 18.2 Å². The van der Waals surface area contributed by atoms with Gasteiger partial charge >= 0.3 is 0 Å². The molecule has 0 atom stereocenters. The first-order valence-corrected chi connectivity index (χ1v) is 10.1. The minimum Gasteiger partial charge on any atom is -0.497 e. The molecule has 160 valence electrons. The number of hydrogen-bond donors (Lipinski definition) is 2. The third-order valence-electron chi connectivity index (χ3n) is 4.66. The Morgan fingerprint density at radius 1 is 0.742 bits per heavy atom. The summed E-state index contributed by atoms with van der Waals surface area (Å²) in [6, 6.07) is 24.1. The van der Waals surface area contributed by atoms with Crippen molar-refractivity contribution in [3.8, 4) is 11.5 Å². The lowest BCUT2D eigenvalue weighted by molar-refractivity contribution is -0.121. The molecule has 3 aromatic carbocycles. The molecule has 0 radical (unpaired) electrons. The molecule has 2 amide bonds. The van der Waals surface area contributed by atoms with Crippen molar-refractivity contribution in [3.63, 3.8) is 0 Å². The number of carbonyl (C=O) groups is 2. The van der Waals surface area contributed by atoms with Crippen LogP contribution >= 0.6 is 0 Å². The number of rotatable bonds is 10. The zero-order valence-electron chi connectivity index (χ0n) is 17.5. The molecule has 0 saturated carbocycles. The summed E-state index contributed by atoms with van der Waals surface area (Å²) in [5.41, 5.74) is 2.48. The van der Waals surface area contributed by atoms with Gasteiger partial charge in [0.1, 0.15) is 11.5 Å². The lowest BCUT2D eigenvalue weighted by Crippen LogP contribution is -2.25. The third-order valence-corrected chi connectivity index (χ3v) is 4.66. The first kappa shape index (κ1) is 21.9. The van der Waals surface area contributed by atoms with Crippen molar-refractivity contribution < 1.29 is 19.1 Å². The zero-order chi connectivity index (χ0) is 21.9. The van der Waals surface area contributed by atoms with Crippen LogP contribution < -0.4 is 20.1 Å². The lowest BCUT2D eigenvalue weighted by Gasteiger charge is -2.09. The molecule has 0 spiro atoms. The maximum absolute atomic E-state index is 12.3. The van der Waals surface area contributed by atoms with Crippen LogP contribution in [0.2, 0.25) is 0 Å². The van der Waals surface area contributed by atoms with Crippen molar-refractivity contribution in [1.82, 2.24) is 10.6 Å². The second-order valence-electron chi connectivity index (χ2n) is 6.92. The highest BCUT2D eigenvalue weighted by Gasteiger charge is 2.07. The predicted molar refractivity (Wildman–Crippen MR) is 119 cm³/mol. The fourth-order valence-electron chi connectivity index (χ4n) is 2.87. The van der Waals surface area contributed by atoms with E-state index < -0.39 is 0 Å². The number of benzene rings is 3. The monoisotopic (exact) mass is 418 g/mol. The number of ether oxygens (including phenoxy) is 2. The second-order valence-corrected chi connectivity index (χ2v) is 6.92. The molecule has 0 aliphatic rings. The van der Waals surface area contributed by atoms with E-state index in [4.69, 9.17) is 9.47 Å². The highest BCUT2D eigenvalue weighted by molar-refractivity contribution is 5.94. The van der Waals surface area contributed by atoms with Crippen LogP contribution in [0, 0.1) is 0 Å². The number of amides is 2. The standard InChI is InChI=1S/C25H26N2O4/c1-30-22-13-9-20(10-14-22)18-27-25(29)21-11-7-19(8-12-21)17-26-24(28)15-16-31-23-5-3-2-4-6-23/h2-14H,15-18H2,1H3,(H,26,28)(H,27,29). The normalized spacial score (nSPS) is 10.2. The topological polar surface area (TPSA) is 76.7 Å². The molecular weight excluding hydrogens is 392 g/mol. The summed E-state index contributed by atoms with van der Waals surface area (Å²) in [4.78, 5) is 24.3. The van der Waals surface area contributed by atoms with Gasteiger partial charge in [0, 0.05) is 18.7 Å². The molecule has 2 N–H and O–H groups in total. The summed E-state index contributed by atoms with van der Waals surface area (Å²) in [6.07, 6.45) is 0.279. The maximum atomic E-state index is 12.3. The molecule has 0 fully saturated rings. The average Bonchev–Trinajstić information content (AvgIpc) is 2.82. The number of nitrogens with one attached hydrogen (secondary N) is 2. The van der Waals surface area contributed by atoms with Crippen molar-refractivity contribution in [2.45, 2.75) is 19.5 Å². The molecule has 3 rings (SSSR count). The van der Waals surface area contributed by atoms with Gasteiger partial charge in [0.05, 0.1) is 20.1 Å². The van der Waals surface area contributed by atoms with Crippen LogP contribution in [0.3, 0.4) is 0 Å². The molecule has 0 heterocycles. The van der Waals surface area contributed by atoms with Gasteiger partial charge < -0.3 is 20.1 Å². The van der Waals surface area contributed by atoms with E-state index in [0.717, 1.165) is 22.6 Å². The molecule has 6 nitrogen and oxygen atoms in total. The Labute approximate surface area is 182 Å². The van der Waals surface area contributed by atoms with Gasteiger partial charge in [0.25, 0.3) is 5.91 Å². The summed E-state index contributed by atoms with van der Waals surface area (Å²) < 4.78 is 10.7. The van der Waals surface area contributed by atoms with Crippen LogP contribution in [-0.4, -0.2) is 25.5 Å². The molecule has 0 aliphatic heterocycles. The first-order valence-electron chi connectivity index (χ1n) is 10.1. The van der Waals surface area contributed by atoms with E-state index in [2.05, 4.69) is 10.6 Å². The fraction of sp³-hybridized carbons (Fsp3) is 0.200. The number of carbonyl (C=O) groups excluding carboxylic acids is 2. The summed E-state index contributed by atoms with van der Waals surface area (Å²) in [7, 11) is 1.62. The van der Waals surface area contributed by atoms with Gasteiger partial charge in [-0.3, -0.25) is 9.59 Å². The predicted octanol–water partition coefficient (Wildman–Crippen LogP) is 3.71. The molecule has 0 aliphatic carbocycles. The van der Waals surface area contributed by atoms with Gasteiger partial charge in [-0.05, 0) is 47.5 Å². The SMILES string of the molecule is COc1ccc(CNC(=O)c2ccc(CNC(=O)CCOc3ccccc3)cc2)cc1. The van der Waals surface area contributed by atoms with Crippen LogP contribution in [0.5, 0.6) is 11.5 Å². The number of methoxy groups -OCH3 is 1. The Bertz CT molecular complexity index is 971. The number of para-hydroxylation sites is 1. The minimum absolute atomic E-state index is 0.0859. The van der Waals surface area contributed by atoms with Crippen LogP contribution in [0.4, 0.5) is 0 Å². The van der Waals surface area contributed by atoms with Crippen molar-refractivity contribution in [2.75, 3.05) is 13.7 Å². The van der Waals surface area contributed by atoms with Gasteiger partial charge in [-0.15, -0.1) is 0 Å². The summed E-state index contributed by atoms with van der Waals surface area (Å²) in [6.45, 7) is 1.16. The fourth-order valence-corrected chi connectivity index (χ4v) is 2.87. The summed E-state index contributed by atoms with van der Waals surface area (Å²) in [5.74, 6) is 1.29. The second kappa shape index (κ2) is 11.4. The molecule has 31 heavy (non-hydrogen) atoms. The van der Waals surface area contributed by atoms with Gasteiger partial charge in [-0.25, -0.2) is 0 Å². The van der Waals surface area contributed by atoms with Crippen molar-refractivity contribution in [1.29, 1.82) is 0 Å². The Balaban J connectivity index is 1.38. The van der Waals surface area contributed by atoms with Gasteiger partial charge in [0.2, 0.25) is 5.91 Å². The van der Waals surface area contributed by atoms with Crippen LogP contribution in [0.1, 0.15) is 27.9 Å². The van der Waals surface area contributed by atoms with Crippen LogP contribution in [0.25, 0.3) is 0 Å². The molecule has 6 heteroatoms. The molecule has 0 aromatic heterocycles. The minimum atomic E-state index is -0.149. The molecule has 0 unspecified atom stereocenters. The molecule has 0 saturated heterocycles. The quantitative estimate of drug-likeness (QED) is 0.526. The van der Waals surface area contributed by atoms with Crippen molar-refractivity contribution >= 4 is 11.8 Å². The Kier molecular flexibility index (Phi) is 8.05. The van der Waals surface area contributed by atoms with E-state index in [1.54, 1.807) is 19.2 Å². The third kappa shape index (κ3) is 7.19. The first-order chi connectivity index (χ1) is 15.1. The number of hydrogen-bond acceptors (Lipinski definition) is 4. The lowest BCUT2D eigenvalue weighted by atomic mass is 10.1. The molecule has 0 bridgehead atoms. The summed E-state index contributed by atoms with van der Waals surface area (Å²) in [5, 5.41) is 5.76. The van der Waals surface area contributed by atoms with Crippen molar-refractivity contribution in [3.05, 3.63) is 95.6 Å². The Morgan fingerprint density at radius 2 is 1.35 bits per heavy atom. The molecule has 3 aromatic rings. The summed E-state index contributed by atoms with van der Waals surface area (Å²) >= 11 is 0. The largest absolute Gasteiger partial charge is 0.497 e. The smallest absolute Gasteiger partial charge is 0.251 e. The zero-order valence-corrected chi connectivity index (χ0v) is 17.5. The van der Waals surface area contributed by atoms with E-state index >= 15 is 0 Å². The van der Waals surface area contributed by atoms with E-state index in [1.807, 2.05) is 66.7 Å². The van der Waals surface area contributed by atoms with Crippen LogP contribution in [-0.2, 0) is 17.9 Å².